The maximum Gasteiger partial charge on any atom is 0.244 e. The van der Waals surface area contributed by atoms with E-state index in [-0.39, 0.29) is 17.7 Å². The van der Waals surface area contributed by atoms with Crippen LogP contribution in [0.1, 0.15) is 62.4 Å². The highest BCUT2D eigenvalue weighted by Gasteiger charge is 2.54. The molecule has 1 saturated carbocycles. The van der Waals surface area contributed by atoms with Crippen LogP contribution in [0.5, 0.6) is 0 Å². The van der Waals surface area contributed by atoms with Crippen LogP contribution in [-0.4, -0.2) is 22.4 Å². The number of amides is 1. The molecule has 3 nitrogen and oxygen atoms in total. The van der Waals surface area contributed by atoms with E-state index < -0.39 is 0 Å². The van der Waals surface area contributed by atoms with E-state index in [0.29, 0.717) is 11.8 Å². The van der Waals surface area contributed by atoms with Gasteiger partial charge in [0.1, 0.15) is 6.17 Å². The van der Waals surface area contributed by atoms with Gasteiger partial charge in [-0.1, -0.05) is 26.7 Å². The number of aryl methyl sites for hydroxylation is 1. The minimum Gasteiger partial charge on any atom is -0.318 e. The Labute approximate surface area is 131 Å². The lowest BCUT2D eigenvalue weighted by Gasteiger charge is -2.32. The van der Waals surface area contributed by atoms with Crippen LogP contribution in [0.4, 0.5) is 0 Å². The van der Waals surface area contributed by atoms with Crippen molar-refractivity contribution in [1.82, 2.24) is 10.2 Å². The van der Waals surface area contributed by atoms with Crippen molar-refractivity contribution in [2.45, 2.75) is 71.1 Å². The zero-order valence-corrected chi connectivity index (χ0v) is 14.3. The van der Waals surface area contributed by atoms with E-state index in [0.717, 1.165) is 12.8 Å². The minimum absolute atomic E-state index is 0.0618. The topological polar surface area (TPSA) is 32.3 Å². The monoisotopic (exact) mass is 306 g/mol. The molecule has 1 N–H and O–H groups in total. The molecule has 1 aromatic rings. The van der Waals surface area contributed by atoms with Crippen LogP contribution in [0.25, 0.3) is 0 Å². The van der Waals surface area contributed by atoms with Crippen molar-refractivity contribution in [3.05, 3.63) is 21.9 Å². The van der Waals surface area contributed by atoms with Crippen LogP contribution in [0.15, 0.2) is 12.1 Å². The molecule has 1 aliphatic carbocycles. The Hall–Kier alpha value is -0.870. The number of rotatable bonds is 3. The van der Waals surface area contributed by atoms with Crippen molar-refractivity contribution < 1.29 is 4.79 Å². The zero-order valence-electron chi connectivity index (χ0n) is 13.5. The second-order valence-electron chi connectivity index (χ2n) is 6.98. The van der Waals surface area contributed by atoms with E-state index in [1.54, 1.807) is 11.3 Å². The molecule has 1 spiro atoms. The fourth-order valence-corrected chi connectivity index (χ4v) is 4.57. The van der Waals surface area contributed by atoms with Gasteiger partial charge in [0, 0.05) is 15.8 Å². The van der Waals surface area contributed by atoms with Crippen LogP contribution in [0, 0.1) is 12.8 Å². The third-order valence-corrected chi connectivity index (χ3v) is 6.28. The van der Waals surface area contributed by atoms with Gasteiger partial charge in [-0.2, -0.15) is 0 Å². The molecule has 4 heteroatoms. The van der Waals surface area contributed by atoms with Crippen molar-refractivity contribution >= 4 is 17.2 Å². The fraction of sp³-hybridized carbons (Fsp3) is 0.706. The summed E-state index contributed by atoms with van der Waals surface area (Å²) in [5.74, 6) is 0.799. The normalized spacial score (nSPS) is 26.2. The van der Waals surface area contributed by atoms with E-state index in [1.807, 2.05) is 0 Å². The fourth-order valence-electron chi connectivity index (χ4n) is 3.64. The SMILES string of the molecule is Cc1ccc(C2NC3(CCCC3)C(=O)N2C(C)C(C)C)s1. The number of nitrogens with zero attached hydrogens (tertiary/aromatic N) is 1. The molecule has 2 heterocycles. The van der Waals surface area contributed by atoms with Gasteiger partial charge in [-0.05, 0) is 44.7 Å². The first-order chi connectivity index (χ1) is 9.94. The molecule has 2 fully saturated rings. The highest BCUT2D eigenvalue weighted by molar-refractivity contribution is 7.12. The van der Waals surface area contributed by atoms with E-state index in [1.165, 1.54) is 22.6 Å². The first-order valence-electron chi connectivity index (χ1n) is 8.11. The molecule has 0 bridgehead atoms. The van der Waals surface area contributed by atoms with Gasteiger partial charge in [0.15, 0.2) is 0 Å². The van der Waals surface area contributed by atoms with Crippen molar-refractivity contribution in [3.63, 3.8) is 0 Å². The molecule has 2 aliphatic rings. The molecule has 1 saturated heterocycles. The molecule has 21 heavy (non-hydrogen) atoms. The standard InChI is InChI=1S/C17H26N2OS/c1-11(2)13(4)19-15(14-8-7-12(3)21-14)18-17(16(19)20)9-5-6-10-17/h7-8,11,13,15,18H,5-6,9-10H2,1-4H3. The maximum absolute atomic E-state index is 13.1. The largest absolute Gasteiger partial charge is 0.318 e. The molecule has 3 rings (SSSR count). The zero-order chi connectivity index (χ0) is 15.2. The lowest BCUT2D eigenvalue weighted by molar-refractivity contribution is -0.135. The molecule has 1 aliphatic heterocycles. The van der Waals surface area contributed by atoms with Crippen LogP contribution in [0.3, 0.4) is 0 Å². The van der Waals surface area contributed by atoms with Gasteiger partial charge in [-0.3, -0.25) is 10.1 Å². The third kappa shape index (κ3) is 2.42. The average Bonchev–Trinajstić information content (AvgIpc) is 3.12. The van der Waals surface area contributed by atoms with E-state index in [4.69, 9.17) is 0 Å². The minimum atomic E-state index is -0.286. The quantitative estimate of drug-likeness (QED) is 0.920. The van der Waals surface area contributed by atoms with Crippen LogP contribution < -0.4 is 5.32 Å². The number of hydrogen-bond donors (Lipinski definition) is 1. The molecule has 0 radical (unpaired) electrons. The highest BCUT2D eigenvalue weighted by atomic mass is 32.1. The summed E-state index contributed by atoms with van der Waals surface area (Å²) in [5, 5.41) is 3.72. The van der Waals surface area contributed by atoms with Crippen molar-refractivity contribution in [3.8, 4) is 0 Å². The number of thiophene rings is 1. The molecule has 2 atom stereocenters. The second kappa shape index (κ2) is 5.40. The highest BCUT2D eigenvalue weighted by Crippen LogP contribution is 2.43. The van der Waals surface area contributed by atoms with Gasteiger partial charge in [0.2, 0.25) is 5.91 Å². The van der Waals surface area contributed by atoms with Crippen molar-refractivity contribution in [1.29, 1.82) is 0 Å². The van der Waals surface area contributed by atoms with Crippen molar-refractivity contribution in [2.24, 2.45) is 5.92 Å². The molecular weight excluding hydrogens is 280 g/mol. The maximum atomic E-state index is 13.1. The van der Waals surface area contributed by atoms with Crippen LogP contribution in [0.2, 0.25) is 0 Å². The number of carbonyl (C=O) groups is 1. The summed E-state index contributed by atoms with van der Waals surface area (Å²) in [6.45, 7) is 8.72. The van der Waals surface area contributed by atoms with Gasteiger partial charge in [0.05, 0.1) is 5.54 Å². The van der Waals surface area contributed by atoms with E-state index >= 15 is 0 Å². The van der Waals surface area contributed by atoms with E-state index in [9.17, 15) is 4.79 Å². The first kappa shape index (κ1) is 15.0. The number of carbonyl (C=O) groups excluding carboxylic acids is 1. The summed E-state index contributed by atoms with van der Waals surface area (Å²) in [5.41, 5.74) is -0.286. The predicted molar refractivity (Wildman–Crippen MR) is 87.3 cm³/mol. The average molecular weight is 306 g/mol. The second-order valence-corrected chi connectivity index (χ2v) is 8.30. The molecular formula is C17H26N2OS. The van der Waals surface area contributed by atoms with Gasteiger partial charge < -0.3 is 4.90 Å². The van der Waals surface area contributed by atoms with Gasteiger partial charge >= 0.3 is 0 Å². The summed E-state index contributed by atoms with van der Waals surface area (Å²) >= 11 is 1.81. The van der Waals surface area contributed by atoms with Gasteiger partial charge in [-0.15, -0.1) is 11.3 Å². The Morgan fingerprint density at radius 1 is 1.29 bits per heavy atom. The Morgan fingerprint density at radius 2 is 1.95 bits per heavy atom. The number of nitrogens with one attached hydrogen (secondary N) is 1. The van der Waals surface area contributed by atoms with Crippen LogP contribution in [-0.2, 0) is 4.79 Å². The molecule has 1 aromatic heterocycles. The smallest absolute Gasteiger partial charge is 0.244 e. The third-order valence-electron chi connectivity index (χ3n) is 5.23. The summed E-state index contributed by atoms with van der Waals surface area (Å²) < 4.78 is 0. The molecule has 116 valence electrons. The molecule has 0 aromatic carbocycles. The summed E-state index contributed by atoms with van der Waals surface area (Å²) in [7, 11) is 0. The van der Waals surface area contributed by atoms with E-state index in [2.05, 4.69) is 50.0 Å². The Bertz CT molecular complexity index is 531. The first-order valence-corrected chi connectivity index (χ1v) is 8.93. The number of hydrogen-bond acceptors (Lipinski definition) is 3. The summed E-state index contributed by atoms with van der Waals surface area (Å²) in [6, 6.07) is 4.60. The Kier molecular flexibility index (Phi) is 3.87. The lowest BCUT2D eigenvalue weighted by Crippen LogP contribution is -2.46. The summed E-state index contributed by atoms with van der Waals surface area (Å²) in [4.78, 5) is 17.8. The Morgan fingerprint density at radius 3 is 2.48 bits per heavy atom. The van der Waals surface area contributed by atoms with Gasteiger partial charge in [-0.25, -0.2) is 0 Å². The van der Waals surface area contributed by atoms with Crippen molar-refractivity contribution in [2.75, 3.05) is 0 Å². The Balaban J connectivity index is 1.97. The molecule has 1 amide bonds. The summed E-state index contributed by atoms with van der Waals surface area (Å²) in [6.07, 6.45) is 4.38. The van der Waals surface area contributed by atoms with Crippen LogP contribution >= 0.6 is 11.3 Å². The lowest BCUT2D eigenvalue weighted by atomic mass is 9.96. The predicted octanol–water partition coefficient (Wildman–Crippen LogP) is 3.84. The molecule has 2 unspecified atom stereocenters. The van der Waals surface area contributed by atoms with Gasteiger partial charge in [0.25, 0.3) is 0 Å².